The molecule has 3 aromatic carbocycles. The fourth-order valence-corrected chi connectivity index (χ4v) is 5.09. The fraction of sp³-hybridized carbons (Fsp3) is 0.192. The molecule has 0 spiro atoms. The zero-order chi connectivity index (χ0) is 20.7. The van der Waals surface area contributed by atoms with Gasteiger partial charge in [-0.15, -0.1) is 0 Å². The minimum absolute atomic E-state index is 0.218. The number of nitrogens with zero attached hydrogens (tertiary/aromatic N) is 2. The normalized spacial score (nSPS) is 20.8. The molecule has 0 aliphatic carbocycles. The summed E-state index contributed by atoms with van der Waals surface area (Å²) in [6.07, 6.45) is 2.52. The molecule has 30 heavy (non-hydrogen) atoms. The van der Waals surface area contributed by atoms with Crippen molar-refractivity contribution in [2.45, 2.75) is 24.8 Å². The summed E-state index contributed by atoms with van der Waals surface area (Å²) in [7, 11) is 0. The molecule has 0 bridgehead atoms. The monoisotopic (exact) mass is 394 g/mol. The molecule has 2 aliphatic heterocycles. The van der Waals surface area contributed by atoms with Crippen LogP contribution in [-0.2, 0) is 5.41 Å². The van der Waals surface area contributed by atoms with Gasteiger partial charge in [0.15, 0.2) is 0 Å². The van der Waals surface area contributed by atoms with Gasteiger partial charge in [-0.1, -0.05) is 73.7 Å². The third kappa shape index (κ3) is 2.50. The van der Waals surface area contributed by atoms with Gasteiger partial charge >= 0.3 is 0 Å². The largest absolute Gasteiger partial charge is 0.291 e. The molecule has 4 heteroatoms. The van der Waals surface area contributed by atoms with Gasteiger partial charge in [-0.25, -0.2) is 0 Å². The molecule has 2 atom stereocenters. The third-order valence-corrected chi connectivity index (χ3v) is 6.39. The Morgan fingerprint density at radius 2 is 1.47 bits per heavy atom. The van der Waals surface area contributed by atoms with Crippen LogP contribution in [0.4, 0.5) is 0 Å². The highest BCUT2D eigenvalue weighted by Crippen LogP contribution is 2.44. The molecule has 0 radical (unpaired) electrons. The molecule has 0 N–H and O–H groups in total. The van der Waals surface area contributed by atoms with Crippen molar-refractivity contribution in [2.75, 3.05) is 6.54 Å². The Morgan fingerprint density at radius 1 is 0.867 bits per heavy atom. The first kappa shape index (κ1) is 18.5. The average molecular weight is 394 g/mol. The number of carbonyl (C=O) groups is 2. The van der Waals surface area contributed by atoms with E-state index in [1.54, 1.807) is 12.1 Å². The van der Waals surface area contributed by atoms with Crippen LogP contribution in [0.5, 0.6) is 0 Å². The van der Waals surface area contributed by atoms with E-state index in [-0.39, 0.29) is 17.9 Å². The fourth-order valence-electron chi connectivity index (χ4n) is 5.09. The predicted molar refractivity (Wildman–Crippen MR) is 117 cm³/mol. The van der Waals surface area contributed by atoms with Crippen LogP contribution in [-0.4, -0.2) is 35.5 Å². The van der Waals surface area contributed by atoms with E-state index in [2.05, 4.69) is 18.2 Å². The maximum atomic E-state index is 13.4. The highest BCUT2D eigenvalue weighted by molar-refractivity contribution is 6.21. The standard InChI is InChI=1S/C26H22N2O2/c1-2-23(28-24(29)20-13-7-8-14-21(20)25(28)30)26(19-11-4-3-5-12-19)17-27-16-18-10-6-9-15-22(18)26/h3-16,23H,2,17H2,1H3. The predicted octanol–water partition coefficient (Wildman–Crippen LogP) is 4.48. The Labute approximate surface area is 175 Å². The van der Waals surface area contributed by atoms with Gasteiger partial charge in [0.1, 0.15) is 0 Å². The lowest BCUT2D eigenvalue weighted by atomic mass is 9.65. The SMILES string of the molecule is CCC(N1C(=O)c2ccccc2C1=O)C1(c2ccccc2)CN=Cc2ccccc21. The van der Waals surface area contributed by atoms with Gasteiger partial charge in [-0.3, -0.25) is 19.5 Å². The Kier molecular flexibility index (Phi) is 4.35. The van der Waals surface area contributed by atoms with Crippen LogP contribution in [0.3, 0.4) is 0 Å². The summed E-state index contributed by atoms with van der Waals surface area (Å²) in [5.41, 5.74) is 3.57. The second-order valence-electron chi connectivity index (χ2n) is 7.84. The highest BCUT2D eigenvalue weighted by Gasteiger charge is 2.51. The molecular formula is C26H22N2O2. The van der Waals surface area contributed by atoms with Crippen LogP contribution in [0.1, 0.15) is 50.8 Å². The van der Waals surface area contributed by atoms with Crippen molar-refractivity contribution in [3.05, 3.63) is 107 Å². The maximum absolute atomic E-state index is 13.4. The first-order valence-electron chi connectivity index (χ1n) is 10.3. The quantitative estimate of drug-likeness (QED) is 0.613. The summed E-state index contributed by atoms with van der Waals surface area (Å²) in [5, 5.41) is 0. The average Bonchev–Trinajstić information content (AvgIpc) is 3.06. The van der Waals surface area contributed by atoms with E-state index in [0.717, 1.165) is 16.7 Å². The maximum Gasteiger partial charge on any atom is 0.261 e. The van der Waals surface area contributed by atoms with E-state index in [0.29, 0.717) is 24.1 Å². The molecule has 148 valence electrons. The van der Waals surface area contributed by atoms with Crippen molar-refractivity contribution in [3.63, 3.8) is 0 Å². The number of hydrogen-bond donors (Lipinski definition) is 0. The number of benzene rings is 3. The van der Waals surface area contributed by atoms with Gasteiger partial charge in [0.05, 0.1) is 29.1 Å². The Morgan fingerprint density at radius 3 is 2.13 bits per heavy atom. The van der Waals surface area contributed by atoms with E-state index >= 15 is 0 Å². The van der Waals surface area contributed by atoms with E-state index in [1.165, 1.54) is 4.90 Å². The van der Waals surface area contributed by atoms with Crippen molar-refractivity contribution >= 4 is 18.0 Å². The lowest BCUT2D eigenvalue weighted by Gasteiger charge is -2.46. The summed E-state index contributed by atoms with van der Waals surface area (Å²) in [4.78, 5) is 33.0. The molecular weight excluding hydrogens is 372 g/mol. The molecule has 2 unspecified atom stereocenters. The van der Waals surface area contributed by atoms with Gasteiger partial charge in [0.2, 0.25) is 0 Å². The van der Waals surface area contributed by atoms with Gasteiger partial charge in [-0.05, 0) is 35.2 Å². The van der Waals surface area contributed by atoms with Crippen molar-refractivity contribution in [3.8, 4) is 0 Å². The van der Waals surface area contributed by atoms with Crippen LogP contribution in [0.2, 0.25) is 0 Å². The summed E-state index contributed by atoms with van der Waals surface area (Å²) in [5.74, 6) is -0.436. The lowest BCUT2D eigenvalue weighted by Crippen LogP contribution is -2.56. The van der Waals surface area contributed by atoms with Gasteiger partial charge in [0, 0.05) is 6.21 Å². The zero-order valence-corrected chi connectivity index (χ0v) is 16.8. The molecule has 2 amide bonds. The Balaban J connectivity index is 1.74. The van der Waals surface area contributed by atoms with Crippen LogP contribution in [0.15, 0.2) is 83.9 Å². The molecule has 4 nitrogen and oxygen atoms in total. The molecule has 2 heterocycles. The molecule has 0 fully saturated rings. The van der Waals surface area contributed by atoms with Gasteiger partial charge in [0.25, 0.3) is 11.8 Å². The zero-order valence-electron chi connectivity index (χ0n) is 16.8. The molecule has 0 saturated carbocycles. The number of hydrogen-bond acceptors (Lipinski definition) is 3. The van der Waals surface area contributed by atoms with Gasteiger partial charge < -0.3 is 0 Å². The van der Waals surface area contributed by atoms with E-state index in [4.69, 9.17) is 4.99 Å². The topological polar surface area (TPSA) is 49.7 Å². The van der Waals surface area contributed by atoms with Crippen LogP contribution >= 0.6 is 0 Å². The van der Waals surface area contributed by atoms with Crippen LogP contribution in [0, 0.1) is 0 Å². The van der Waals surface area contributed by atoms with Crippen molar-refractivity contribution < 1.29 is 9.59 Å². The number of amides is 2. The number of fused-ring (bicyclic) bond motifs is 2. The van der Waals surface area contributed by atoms with Gasteiger partial charge in [-0.2, -0.15) is 0 Å². The summed E-state index contributed by atoms with van der Waals surface area (Å²) < 4.78 is 0. The van der Waals surface area contributed by atoms with Crippen LogP contribution in [0.25, 0.3) is 0 Å². The van der Waals surface area contributed by atoms with Crippen molar-refractivity contribution in [2.24, 2.45) is 4.99 Å². The molecule has 0 saturated heterocycles. The third-order valence-electron chi connectivity index (χ3n) is 6.39. The Hall–Kier alpha value is -3.53. The minimum Gasteiger partial charge on any atom is -0.291 e. The Bertz CT molecular complexity index is 1130. The molecule has 0 aromatic heterocycles. The second-order valence-corrected chi connectivity index (χ2v) is 7.84. The molecule has 5 rings (SSSR count). The summed E-state index contributed by atoms with van der Waals surface area (Å²) in [6, 6.07) is 25.1. The summed E-state index contributed by atoms with van der Waals surface area (Å²) in [6.45, 7) is 2.53. The number of imide groups is 1. The van der Waals surface area contributed by atoms with E-state index in [9.17, 15) is 9.59 Å². The van der Waals surface area contributed by atoms with Crippen molar-refractivity contribution in [1.29, 1.82) is 0 Å². The first-order valence-corrected chi connectivity index (χ1v) is 10.3. The second kappa shape index (κ2) is 7.06. The van der Waals surface area contributed by atoms with Crippen LogP contribution < -0.4 is 0 Å². The van der Waals surface area contributed by atoms with Crippen molar-refractivity contribution in [1.82, 2.24) is 4.90 Å². The summed E-state index contributed by atoms with van der Waals surface area (Å²) >= 11 is 0. The first-order chi connectivity index (χ1) is 14.7. The molecule has 3 aromatic rings. The smallest absolute Gasteiger partial charge is 0.261 e. The lowest BCUT2D eigenvalue weighted by molar-refractivity contribution is 0.0514. The number of carbonyl (C=O) groups excluding carboxylic acids is 2. The highest BCUT2D eigenvalue weighted by atomic mass is 16.2. The van der Waals surface area contributed by atoms with E-state index in [1.807, 2.05) is 61.7 Å². The number of rotatable bonds is 4. The van der Waals surface area contributed by atoms with E-state index < -0.39 is 5.41 Å². The number of aliphatic imine (C=N–C) groups is 1. The minimum atomic E-state index is -0.602. The molecule has 2 aliphatic rings.